The molecule has 0 fully saturated rings. The summed E-state index contributed by atoms with van der Waals surface area (Å²) in [4.78, 5) is 39.8. The number of hydrogen-bond acceptors (Lipinski definition) is 7. The fourth-order valence-corrected chi connectivity index (χ4v) is 4.09. The molecule has 3 amide bonds. The van der Waals surface area contributed by atoms with Crippen molar-refractivity contribution in [2.75, 3.05) is 16.4 Å². The molecule has 144 valence electrons. The molecule has 0 unspecified atom stereocenters. The number of aromatic nitrogens is 1. The van der Waals surface area contributed by atoms with Gasteiger partial charge in [-0.25, -0.2) is 4.98 Å². The summed E-state index contributed by atoms with van der Waals surface area (Å²) < 4.78 is 5.86. The minimum absolute atomic E-state index is 0.147. The maximum atomic E-state index is 12.5. The van der Waals surface area contributed by atoms with Gasteiger partial charge in [-0.15, -0.1) is 11.8 Å². The van der Waals surface area contributed by atoms with E-state index >= 15 is 0 Å². The number of primary amides is 1. The number of furan rings is 1. The van der Waals surface area contributed by atoms with Gasteiger partial charge in [0, 0.05) is 11.3 Å². The Morgan fingerprint density at radius 1 is 1.18 bits per heavy atom. The molecule has 3 aromatic rings. The molecule has 4 N–H and O–H groups in total. The number of aryl methyl sites for hydroxylation is 1. The third kappa shape index (κ3) is 4.99. The van der Waals surface area contributed by atoms with Crippen molar-refractivity contribution in [2.24, 2.45) is 5.73 Å². The average molecular weight is 416 g/mol. The molecule has 0 bridgehead atoms. The summed E-state index contributed by atoms with van der Waals surface area (Å²) >= 11 is 2.55. The van der Waals surface area contributed by atoms with Crippen molar-refractivity contribution in [3.63, 3.8) is 0 Å². The molecular weight excluding hydrogens is 400 g/mol. The van der Waals surface area contributed by atoms with Crippen LogP contribution in [0.1, 0.15) is 26.6 Å². The average Bonchev–Trinajstić information content (AvgIpc) is 3.30. The highest BCUT2D eigenvalue weighted by atomic mass is 32.2. The minimum atomic E-state index is -0.420. The molecule has 0 saturated heterocycles. The van der Waals surface area contributed by atoms with E-state index in [9.17, 15) is 14.4 Å². The highest BCUT2D eigenvalue weighted by molar-refractivity contribution is 8.01. The SMILES string of the molecule is Cc1nc(NC(=O)c2cccc(NC(=O)c3ccco3)c2)sc1SCC(N)=O. The molecule has 10 heteroatoms. The number of nitrogens with zero attached hydrogens (tertiary/aromatic N) is 1. The van der Waals surface area contributed by atoms with E-state index in [1.54, 1.807) is 43.3 Å². The van der Waals surface area contributed by atoms with Gasteiger partial charge in [-0.1, -0.05) is 17.4 Å². The van der Waals surface area contributed by atoms with E-state index in [0.717, 1.165) is 4.21 Å². The first-order valence-electron chi connectivity index (χ1n) is 8.07. The predicted molar refractivity (Wildman–Crippen MR) is 108 cm³/mol. The van der Waals surface area contributed by atoms with Crippen molar-refractivity contribution in [1.29, 1.82) is 0 Å². The fourth-order valence-electron chi connectivity index (χ4n) is 2.21. The highest BCUT2D eigenvalue weighted by Crippen LogP contribution is 2.32. The van der Waals surface area contributed by atoms with Gasteiger partial charge in [-0.05, 0) is 37.3 Å². The number of nitrogens with one attached hydrogen (secondary N) is 2. The lowest BCUT2D eigenvalue weighted by Crippen LogP contribution is -2.14. The lowest BCUT2D eigenvalue weighted by atomic mass is 10.2. The number of benzene rings is 1. The van der Waals surface area contributed by atoms with E-state index in [0.29, 0.717) is 22.1 Å². The van der Waals surface area contributed by atoms with Crippen molar-refractivity contribution in [2.45, 2.75) is 11.1 Å². The van der Waals surface area contributed by atoms with E-state index in [-0.39, 0.29) is 17.4 Å². The second-order valence-electron chi connectivity index (χ2n) is 5.61. The molecule has 2 aromatic heterocycles. The Bertz CT molecular complexity index is 1010. The number of rotatable bonds is 7. The Morgan fingerprint density at radius 3 is 2.71 bits per heavy atom. The van der Waals surface area contributed by atoms with E-state index in [2.05, 4.69) is 15.6 Å². The number of amides is 3. The Kier molecular flexibility index (Phi) is 6.12. The quantitative estimate of drug-likeness (QED) is 0.508. The predicted octanol–water partition coefficient (Wildman–Crippen LogP) is 3.13. The van der Waals surface area contributed by atoms with E-state index in [1.165, 1.54) is 29.4 Å². The highest BCUT2D eigenvalue weighted by Gasteiger charge is 2.14. The third-order valence-corrected chi connectivity index (χ3v) is 5.91. The van der Waals surface area contributed by atoms with Crippen LogP contribution in [0.15, 0.2) is 51.3 Å². The van der Waals surface area contributed by atoms with Gasteiger partial charge in [0.15, 0.2) is 10.9 Å². The number of thioether (sulfide) groups is 1. The Balaban J connectivity index is 1.67. The van der Waals surface area contributed by atoms with Crippen molar-refractivity contribution in [1.82, 2.24) is 4.98 Å². The maximum Gasteiger partial charge on any atom is 0.291 e. The molecule has 0 radical (unpaired) electrons. The van der Waals surface area contributed by atoms with Gasteiger partial charge in [-0.2, -0.15) is 0 Å². The van der Waals surface area contributed by atoms with Gasteiger partial charge in [0.1, 0.15) is 0 Å². The monoisotopic (exact) mass is 416 g/mol. The largest absolute Gasteiger partial charge is 0.459 e. The van der Waals surface area contributed by atoms with Crippen molar-refractivity contribution in [3.8, 4) is 0 Å². The molecule has 0 atom stereocenters. The molecule has 0 saturated carbocycles. The van der Waals surface area contributed by atoms with Crippen LogP contribution in [0, 0.1) is 6.92 Å². The Hall–Kier alpha value is -3.11. The second-order valence-corrected chi connectivity index (χ2v) is 7.86. The van der Waals surface area contributed by atoms with Crippen molar-refractivity contribution < 1.29 is 18.8 Å². The summed E-state index contributed by atoms with van der Waals surface area (Å²) in [5.41, 5.74) is 6.68. The number of carbonyl (C=O) groups excluding carboxylic acids is 3. The number of nitrogens with two attached hydrogens (primary N) is 1. The van der Waals surface area contributed by atoms with E-state index in [1.807, 2.05) is 0 Å². The van der Waals surface area contributed by atoms with Gasteiger partial charge >= 0.3 is 0 Å². The number of anilines is 2. The maximum absolute atomic E-state index is 12.5. The molecule has 0 spiro atoms. The first-order chi connectivity index (χ1) is 13.4. The molecule has 0 aliphatic heterocycles. The first kappa shape index (κ1) is 19.6. The van der Waals surface area contributed by atoms with Crippen LogP contribution in [0.5, 0.6) is 0 Å². The van der Waals surface area contributed by atoms with Gasteiger partial charge in [-0.3, -0.25) is 19.7 Å². The third-order valence-electron chi connectivity index (χ3n) is 3.45. The van der Waals surface area contributed by atoms with E-state index < -0.39 is 11.8 Å². The van der Waals surface area contributed by atoms with Crippen LogP contribution in [0.3, 0.4) is 0 Å². The summed E-state index contributed by atoms with van der Waals surface area (Å²) in [6.07, 6.45) is 1.41. The normalized spacial score (nSPS) is 10.5. The summed E-state index contributed by atoms with van der Waals surface area (Å²) in [6, 6.07) is 9.67. The lowest BCUT2D eigenvalue weighted by molar-refractivity contribution is -0.115. The fraction of sp³-hybridized carbons (Fsp3) is 0.111. The van der Waals surface area contributed by atoms with Crippen LogP contribution in [0.4, 0.5) is 10.8 Å². The summed E-state index contributed by atoms with van der Waals surface area (Å²) in [6.45, 7) is 1.79. The second kappa shape index (κ2) is 8.72. The number of thiazole rings is 1. The Morgan fingerprint density at radius 2 is 2.00 bits per heavy atom. The van der Waals surface area contributed by atoms with Gasteiger partial charge in [0.2, 0.25) is 5.91 Å². The number of carbonyl (C=O) groups is 3. The molecule has 0 aliphatic rings. The van der Waals surface area contributed by atoms with Crippen LogP contribution in [0.25, 0.3) is 0 Å². The van der Waals surface area contributed by atoms with Crippen LogP contribution in [0.2, 0.25) is 0 Å². The van der Waals surface area contributed by atoms with Crippen LogP contribution in [-0.4, -0.2) is 28.5 Å². The van der Waals surface area contributed by atoms with Crippen molar-refractivity contribution in [3.05, 3.63) is 59.7 Å². The first-order valence-corrected chi connectivity index (χ1v) is 9.87. The molecule has 1 aromatic carbocycles. The van der Waals surface area contributed by atoms with E-state index in [4.69, 9.17) is 10.2 Å². The lowest BCUT2D eigenvalue weighted by Gasteiger charge is -2.06. The van der Waals surface area contributed by atoms with Gasteiger partial charge in [0.05, 0.1) is 21.9 Å². The zero-order valence-electron chi connectivity index (χ0n) is 14.7. The molecule has 3 rings (SSSR count). The molecule has 2 heterocycles. The summed E-state index contributed by atoms with van der Waals surface area (Å²) in [7, 11) is 0. The van der Waals surface area contributed by atoms with Gasteiger partial charge < -0.3 is 15.5 Å². The molecular formula is C18H16N4O4S2. The van der Waals surface area contributed by atoms with Crippen molar-refractivity contribution >= 4 is 51.6 Å². The smallest absolute Gasteiger partial charge is 0.291 e. The van der Waals surface area contributed by atoms with Crippen LogP contribution >= 0.6 is 23.1 Å². The topological polar surface area (TPSA) is 127 Å². The van der Waals surface area contributed by atoms with Crippen LogP contribution < -0.4 is 16.4 Å². The standard InChI is InChI=1S/C18H16N4O4S2/c1-10-17(27-9-14(19)23)28-18(20-10)22-15(24)11-4-2-5-12(8-11)21-16(25)13-6-3-7-26-13/h2-8H,9H2,1H3,(H2,19,23)(H,21,25)(H,20,22,24). The molecule has 8 nitrogen and oxygen atoms in total. The zero-order chi connectivity index (χ0) is 20.1. The molecule has 0 aliphatic carbocycles. The zero-order valence-corrected chi connectivity index (χ0v) is 16.4. The summed E-state index contributed by atoms with van der Waals surface area (Å²) in [5.74, 6) is -0.872. The van der Waals surface area contributed by atoms with Gasteiger partial charge in [0.25, 0.3) is 11.8 Å². The molecule has 28 heavy (non-hydrogen) atoms. The Labute approximate surface area is 168 Å². The minimum Gasteiger partial charge on any atom is -0.459 e. The number of hydrogen-bond donors (Lipinski definition) is 3. The summed E-state index contributed by atoms with van der Waals surface area (Å²) in [5, 5.41) is 5.81. The van der Waals surface area contributed by atoms with Crippen LogP contribution in [-0.2, 0) is 4.79 Å².